The van der Waals surface area contributed by atoms with Gasteiger partial charge in [0.15, 0.2) is 5.78 Å². The van der Waals surface area contributed by atoms with Gasteiger partial charge in [0, 0.05) is 40.2 Å². The lowest BCUT2D eigenvalue weighted by molar-refractivity contribution is -0.312. The van der Waals surface area contributed by atoms with Crippen LogP contribution < -0.4 is 0 Å². The molecule has 0 radical (unpaired) electrons. The number of hydrogen-bond donors (Lipinski definition) is 0. The predicted octanol–water partition coefficient (Wildman–Crippen LogP) is 3.19. The van der Waals surface area contributed by atoms with Crippen molar-refractivity contribution in [1.29, 1.82) is 0 Å². The number of nitrogens with zero attached hydrogens (tertiary/aromatic N) is 1. The van der Waals surface area contributed by atoms with Crippen LogP contribution in [0.15, 0.2) is 12.2 Å². The summed E-state index contributed by atoms with van der Waals surface area (Å²) in [5, 5.41) is 0. The molecule has 5 aliphatic carbocycles. The molecule has 154 valence electrons. The van der Waals surface area contributed by atoms with Crippen molar-refractivity contribution < 1.29 is 19.1 Å². The highest BCUT2D eigenvalue weighted by molar-refractivity contribution is 5.93. The number of Topliss-reactive ketones (excluding diaryl/α,β-unsaturated/α-hetero) is 1. The molecule has 6 atom stereocenters. The number of hydrogen-bond acceptors (Lipinski definition) is 4. The third-order valence-electron chi connectivity index (χ3n) is 9.53. The Bertz CT molecular complexity index is 758. The van der Waals surface area contributed by atoms with E-state index < -0.39 is 11.2 Å². The van der Waals surface area contributed by atoms with Crippen molar-refractivity contribution in [3.63, 3.8) is 0 Å². The van der Waals surface area contributed by atoms with Crippen LogP contribution in [0.1, 0.15) is 52.4 Å². The molecule has 1 saturated heterocycles. The van der Waals surface area contributed by atoms with Crippen LogP contribution >= 0.6 is 0 Å². The van der Waals surface area contributed by atoms with Crippen LogP contribution in [0.25, 0.3) is 0 Å². The molecule has 0 aromatic rings. The molecule has 0 unspecified atom stereocenters. The van der Waals surface area contributed by atoms with Gasteiger partial charge in [-0.25, -0.2) is 0 Å². The summed E-state index contributed by atoms with van der Waals surface area (Å²) in [5.41, 5.74) is -0.185. The monoisotopic (exact) mass is 387 g/mol. The number of piperidine rings is 1. The fourth-order valence-corrected chi connectivity index (χ4v) is 8.65. The molecule has 3 saturated carbocycles. The number of carbonyl (C=O) groups excluding carboxylic acids is 2. The Morgan fingerprint density at radius 2 is 1.89 bits per heavy atom. The van der Waals surface area contributed by atoms with Gasteiger partial charge in [-0.3, -0.25) is 9.59 Å². The Labute approximate surface area is 167 Å². The molecule has 4 bridgehead atoms. The average Bonchev–Trinajstić information content (AvgIpc) is 2.67. The van der Waals surface area contributed by atoms with Gasteiger partial charge in [-0.1, -0.05) is 25.5 Å². The van der Waals surface area contributed by atoms with Crippen LogP contribution in [0.3, 0.4) is 0 Å². The van der Waals surface area contributed by atoms with Crippen molar-refractivity contribution in [3.8, 4) is 0 Å². The Morgan fingerprint density at radius 3 is 2.57 bits per heavy atom. The second-order valence-electron chi connectivity index (χ2n) is 10.4. The maximum absolute atomic E-state index is 13.3. The molecule has 0 aromatic carbocycles. The van der Waals surface area contributed by atoms with E-state index in [-0.39, 0.29) is 28.4 Å². The molecular weight excluding hydrogens is 354 g/mol. The minimum atomic E-state index is -1.18. The van der Waals surface area contributed by atoms with E-state index in [1.165, 1.54) is 12.8 Å². The maximum atomic E-state index is 13.3. The lowest BCUT2D eigenvalue weighted by Crippen LogP contribution is -2.75. The highest BCUT2D eigenvalue weighted by Crippen LogP contribution is 2.73. The molecule has 0 N–H and O–H groups in total. The van der Waals surface area contributed by atoms with Crippen molar-refractivity contribution in [2.75, 3.05) is 27.3 Å². The van der Waals surface area contributed by atoms with Gasteiger partial charge in [0.1, 0.15) is 0 Å². The number of rotatable bonds is 2. The molecule has 0 aromatic heterocycles. The van der Waals surface area contributed by atoms with Gasteiger partial charge in [-0.2, -0.15) is 0 Å². The van der Waals surface area contributed by atoms with Gasteiger partial charge in [0.05, 0.1) is 5.41 Å². The van der Waals surface area contributed by atoms with E-state index in [0.717, 1.165) is 38.8 Å². The van der Waals surface area contributed by atoms with Crippen LogP contribution in [0, 0.1) is 34.0 Å². The van der Waals surface area contributed by atoms with Crippen LogP contribution in [0.4, 0.5) is 0 Å². The SMILES string of the molecule is COC1(OC)C(=O)[C@H]2C=C[C@@]13CC[C@@H]1[C@@]4(C)CCC[C@@]1(CN(C(C)=O)C4)[C@@H]3C2. The smallest absolute Gasteiger partial charge is 0.238 e. The van der Waals surface area contributed by atoms with E-state index in [1.54, 1.807) is 21.1 Å². The Balaban J connectivity index is 1.68. The molecule has 4 fully saturated rings. The van der Waals surface area contributed by atoms with Crippen LogP contribution in [-0.4, -0.2) is 49.7 Å². The molecule has 6 rings (SSSR count). The first-order valence-corrected chi connectivity index (χ1v) is 10.9. The molecule has 5 nitrogen and oxygen atoms in total. The van der Waals surface area contributed by atoms with E-state index in [0.29, 0.717) is 11.8 Å². The summed E-state index contributed by atoms with van der Waals surface area (Å²) >= 11 is 0. The summed E-state index contributed by atoms with van der Waals surface area (Å²) in [7, 11) is 3.25. The molecule has 1 spiro atoms. The van der Waals surface area contributed by atoms with Crippen molar-refractivity contribution in [1.82, 2.24) is 4.90 Å². The first-order chi connectivity index (χ1) is 13.3. The minimum Gasteiger partial charge on any atom is -0.346 e. The number of ketones is 1. The van der Waals surface area contributed by atoms with Gasteiger partial charge in [0.25, 0.3) is 0 Å². The number of likely N-dealkylation sites (tertiary alicyclic amines) is 1. The molecule has 1 heterocycles. The highest BCUT2D eigenvalue weighted by Gasteiger charge is 2.75. The average molecular weight is 388 g/mol. The fraction of sp³-hybridized carbons (Fsp3) is 0.826. The van der Waals surface area contributed by atoms with Crippen molar-refractivity contribution in [2.24, 2.45) is 34.0 Å². The van der Waals surface area contributed by atoms with E-state index >= 15 is 0 Å². The standard InChI is InChI=1S/C23H33NO4/c1-15(25)24-13-20(2)8-5-9-21(14-24)17(20)7-11-22-10-6-16(12-18(21)22)19(26)23(22,27-3)28-4/h6,10,16-18H,5,7-9,11-14H2,1-4H3/t16-,17+,18-,20-,21-,22-/m0/s1. The van der Waals surface area contributed by atoms with E-state index in [2.05, 4.69) is 24.0 Å². The van der Waals surface area contributed by atoms with Crippen molar-refractivity contribution >= 4 is 11.7 Å². The largest absolute Gasteiger partial charge is 0.346 e. The summed E-state index contributed by atoms with van der Waals surface area (Å²) < 4.78 is 11.9. The first-order valence-electron chi connectivity index (χ1n) is 10.9. The van der Waals surface area contributed by atoms with E-state index in [9.17, 15) is 9.59 Å². The second kappa shape index (κ2) is 5.69. The topological polar surface area (TPSA) is 55.8 Å². The number of amides is 1. The Morgan fingerprint density at radius 1 is 1.14 bits per heavy atom. The normalized spacial score (nSPS) is 48.2. The third kappa shape index (κ3) is 1.91. The van der Waals surface area contributed by atoms with Gasteiger partial charge >= 0.3 is 0 Å². The van der Waals surface area contributed by atoms with Crippen molar-refractivity contribution in [3.05, 3.63) is 12.2 Å². The van der Waals surface area contributed by atoms with Gasteiger partial charge in [0.2, 0.25) is 11.7 Å². The summed E-state index contributed by atoms with van der Waals surface area (Å²) in [6.07, 6.45) is 10.8. The molecule has 1 aliphatic heterocycles. The number of carbonyl (C=O) groups is 2. The fourth-order valence-electron chi connectivity index (χ4n) is 8.65. The van der Waals surface area contributed by atoms with E-state index in [1.807, 2.05) is 0 Å². The van der Waals surface area contributed by atoms with Crippen LogP contribution in [-0.2, 0) is 19.1 Å². The lowest BCUT2D eigenvalue weighted by atomic mass is 9.35. The molecule has 5 heteroatoms. The van der Waals surface area contributed by atoms with Gasteiger partial charge in [-0.05, 0) is 54.8 Å². The van der Waals surface area contributed by atoms with Crippen LogP contribution in [0.2, 0.25) is 0 Å². The second-order valence-corrected chi connectivity index (χ2v) is 10.4. The van der Waals surface area contributed by atoms with Gasteiger partial charge in [-0.15, -0.1) is 0 Å². The molecule has 1 amide bonds. The predicted molar refractivity (Wildman–Crippen MR) is 104 cm³/mol. The summed E-state index contributed by atoms with van der Waals surface area (Å²) in [6.45, 7) is 5.82. The number of methoxy groups -OCH3 is 2. The van der Waals surface area contributed by atoms with E-state index in [4.69, 9.17) is 9.47 Å². The zero-order chi connectivity index (χ0) is 19.9. The molecule has 28 heavy (non-hydrogen) atoms. The number of ether oxygens (including phenoxy) is 2. The quantitative estimate of drug-likeness (QED) is 0.539. The first kappa shape index (κ1) is 18.8. The Kier molecular flexibility index (Phi) is 3.82. The third-order valence-corrected chi connectivity index (χ3v) is 9.53. The lowest BCUT2D eigenvalue weighted by Gasteiger charge is -2.72. The summed E-state index contributed by atoms with van der Waals surface area (Å²) in [4.78, 5) is 27.9. The van der Waals surface area contributed by atoms with Gasteiger partial charge < -0.3 is 14.4 Å². The molecule has 6 aliphatic rings. The minimum absolute atomic E-state index is 0.0567. The maximum Gasteiger partial charge on any atom is 0.238 e. The summed E-state index contributed by atoms with van der Waals surface area (Å²) in [5.74, 6) is -0.128. The number of allylic oxidation sites excluding steroid dienone is 1. The van der Waals surface area contributed by atoms with Crippen molar-refractivity contribution in [2.45, 2.75) is 58.2 Å². The zero-order valence-corrected chi connectivity index (χ0v) is 17.6. The summed E-state index contributed by atoms with van der Waals surface area (Å²) in [6, 6.07) is 0. The Hall–Kier alpha value is -1.20. The highest BCUT2D eigenvalue weighted by atomic mass is 16.7. The van der Waals surface area contributed by atoms with Crippen LogP contribution in [0.5, 0.6) is 0 Å². The number of fused-ring (bicyclic) bond motifs is 1. The molecular formula is C23H33NO4. The zero-order valence-electron chi connectivity index (χ0n) is 17.6.